The molecule has 0 bridgehead atoms. The van der Waals surface area contributed by atoms with Gasteiger partial charge in [-0.15, -0.1) is 0 Å². The fourth-order valence-electron chi connectivity index (χ4n) is 3.77. The van der Waals surface area contributed by atoms with Crippen molar-refractivity contribution in [1.82, 2.24) is 19.9 Å². The van der Waals surface area contributed by atoms with Crippen LogP contribution in [0.5, 0.6) is 0 Å². The molecule has 0 saturated carbocycles. The first-order chi connectivity index (χ1) is 16.5. The van der Waals surface area contributed by atoms with E-state index in [0.717, 1.165) is 17.7 Å². The molecule has 0 unspecified atom stereocenters. The van der Waals surface area contributed by atoms with E-state index < -0.39 is 23.4 Å². The first-order valence-corrected chi connectivity index (χ1v) is 11.2. The number of carbonyl (C=O) groups is 1. The molecule has 0 aliphatic carbocycles. The predicted octanol–water partition coefficient (Wildman–Crippen LogP) is 6.03. The van der Waals surface area contributed by atoms with E-state index in [4.69, 9.17) is 9.72 Å². The lowest BCUT2D eigenvalue weighted by molar-refractivity contribution is -0.137. The molecule has 2 aromatic heterocycles. The highest BCUT2D eigenvalue weighted by Crippen LogP contribution is 2.33. The van der Waals surface area contributed by atoms with Crippen LogP contribution in [0.3, 0.4) is 0 Å². The minimum Gasteiger partial charge on any atom is -0.444 e. The summed E-state index contributed by atoms with van der Waals surface area (Å²) in [6, 6.07) is 10.2. The van der Waals surface area contributed by atoms with Crippen LogP contribution in [0, 0.1) is 0 Å². The Kier molecular flexibility index (Phi) is 6.64. The second-order valence-corrected chi connectivity index (χ2v) is 9.35. The summed E-state index contributed by atoms with van der Waals surface area (Å²) in [6.45, 7) is 6.32. The Morgan fingerprint density at radius 2 is 1.83 bits per heavy atom. The third kappa shape index (κ3) is 6.26. The van der Waals surface area contributed by atoms with E-state index in [1.807, 2.05) is 20.8 Å². The number of anilines is 2. The molecular formula is C25H26F3N5O2. The number of nitrogens with one attached hydrogen (secondary N) is 1. The maximum absolute atomic E-state index is 13.2. The standard InChI is InChI=1S/C25H26F3N5O2/c1-24(2,3)35-23(34)33-12-9-17(15-33)22-31-20(16-7-10-29-11-8-16)14-21(32-22)30-19-6-4-5-18(13-19)25(26,27)28/h4-8,10-11,13-14,17H,9,12,15H2,1-3H3,(H,30,31,32)/t17-/m0/s1. The predicted molar refractivity (Wildman–Crippen MR) is 125 cm³/mol. The second-order valence-electron chi connectivity index (χ2n) is 9.35. The van der Waals surface area contributed by atoms with E-state index in [1.54, 1.807) is 41.6 Å². The van der Waals surface area contributed by atoms with Crippen molar-refractivity contribution in [3.05, 3.63) is 66.2 Å². The van der Waals surface area contributed by atoms with Gasteiger partial charge in [0, 0.05) is 48.7 Å². The van der Waals surface area contributed by atoms with Crippen LogP contribution in [-0.2, 0) is 10.9 Å². The van der Waals surface area contributed by atoms with E-state index in [9.17, 15) is 18.0 Å². The first-order valence-electron chi connectivity index (χ1n) is 11.2. The summed E-state index contributed by atoms with van der Waals surface area (Å²) in [6.07, 6.45) is -0.936. The zero-order valence-corrected chi connectivity index (χ0v) is 19.6. The van der Waals surface area contributed by atoms with Gasteiger partial charge in [0.15, 0.2) is 0 Å². The van der Waals surface area contributed by atoms with Crippen LogP contribution in [0.15, 0.2) is 54.9 Å². The number of alkyl halides is 3. The molecule has 1 atom stereocenters. The Morgan fingerprint density at radius 3 is 2.51 bits per heavy atom. The maximum Gasteiger partial charge on any atom is 0.416 e. The van der Waals surface area contributed by atoms with Gasteiger partial charge in [0.2, 0.25) is 0 Å². The van der Waals surface area contributed by atoms with E-state index in [-0.39, 0.29) is 11.6 Å². The molecule has 1 fully saturated rings. The summed E-state index contributed by atoms with van der Waals surface area (Å²) in [5.41, 5.74) is 0.289. The molecule has 35 heavy (non-hydrogen) atoms. The number of hydrogen-bond acceptors (Lipinski definition) is 6. The fraction of sp³-hybridized carbons (Fsp3) is 0.360. The highest BCUT2D eigenvalue weighted by atomic mass is 19.4. The Morgan fingerprint density at radius 1 is 1.09 bits per heavy atom. The summed E-state index contributed by atoms with van der Waals surface area (Å²) in [5, 5.41) is 2.98. The van der Waals surface area contributed by atoms with Crippen LogP contribution in [0.25, 0.3) is 11.3 Å². The third-order valence-electron chi connectivity index (χ3n) is 5.39. The zero-order chi connectivity index (χ0) is 25.2. The van der Waals surface area contributed by atoms with Gasteiger partial charge in [-0.3, -0.25) is 4.98 Å². The van der Waals surface area contributed by atoms with Gasteiger partial charge in [-0.25, -0.2) is 14.8 Å². The van der Waals surface area contributed by atoms with Crippen LogP contribution in [-0.4, -0.2) is 44.6 Å². The monoisotopic (exact) mass is 485 g/mol. The number of amides is 1. The molecule has 3 heterocycles. The van der Waals surface area contributed by atoms with Gasteiger partial charge in [-0.05, 0) is 57.5 Å². The van der Waals surface area contributed by atoms with Crippen LogP contribution in [0.2, 0.25) is 0 Å². The van der Waals surface area contributed by atoms with Gasteiger partial charge in [-0.1, -0.05) is 6.07 Å². The van der Waals surface area contributed by atoms with Crippen LogP contribution in [0.1, 0.15) is 44.5 Å². The van der Waals surface area contributed by atoms with E-state index in [1.165, 1.54) is 6.07 Å². The molecule has 10 heteroatoms. The van der Waals surface area contributed by atoms with Gasteiger partial charge in [0.05, 0.1) is 11.3 Å². The number of likely N-dealkylation sites (tertiary alicyclic amines) is 1. The number of halogens is 3. The van der Waals surface area contributed by atoms with Crippen molar-refractivity contribution in [1.29, 1.82) is 0 Å². The normalized spacial score (nSPS) is 16.3. The van der Waals surface area contributed by atoms with Gasteiger partial charge in [0.25, 0.3) is 0 Å². The number of benzene rings is 1. The highest BCUT2D eigenvalue weighted by Gasteiger charge is 2.33. The molecular weight excluding hydrogens is 459 g/mol. The minimum atomic E-state index is -4.45. The number of hydrogen-bond donors (Lipinski definition) is 1. The Labute approximate surface area is 201 Å². The van der Waals surface area contributed by atoms with Crippen molar-refractivity contribution in [3.8, 4) is 11.3 Å². The topological polar surface area (TPSA) is 80.2 Å². The van der Waals surface area contributed by atoms with Gasteiger partial charge in [0.1, 0.15) is 17.2 Å². The molecule has 1 amide bonds. The lowest BCUT2D eigenvalue weighted by Crippen LogP contribution is -2.35. The molecule has 0 radical (unpaired) electrons. The molecule has 1 aromatic carbocycles. The summed E-state index contributed by atoms with van der Waals surface area (Å²) in [4.78, 5) is 27.5. The van der Waals surface area contributed by atoms with Crippen molar-refractivity contribution in [2.24, 2.45) is 0 Å². The van der Waals surface area contributed by atoms with E-state index >= 15 is 0 Å². The van der Waals surface area contributed by atoms with E-state index in [0.29, 0.717) is 36.8 Å². The number of ether oxygens (including phenoxy) is 1. The number of pyridine rings is 1. The average Bonchev–Trinajstić information content (AvgIpc) is 3.29. The molecule has 1 saturated heterocycles. The lowest BCUT2D eigenvalue weighted by Gasteiger charge is -2.24. The first kappa shape index (κ1) is 24.4. The minimum absolute atomic E-state index is 0.147. The van der Waals surface area contributed by atoms with Crippen LogP contribution < -0.4 is 5.32 Å². The Hall–Kier alpha value is -3.69. The molecule has 1 aliphatic heterocycles. The molecule has 184 valence electrons. The number of aromatic nitrogens is 3. The summed E-state index contributed by atoms with van der Waals surface area (Å²) < 4.78 is 45.0. The Bertz CT molecular complexity index is 1200. The fourth-order valence-corrected chi connectivity index (χ4v) is 3.77. The molecule has 0 spiro atoms. The van der Waals surface area contributed by atoms with E-state index in [2.05, 4.69) is 15.3 Å². The van der Waals surface area contributed by atoms with Crippen LogP contribution in [0.4, 0.5) is 29.5 Å². The third-order valence-corrected chi connectivity index (χ3v) is 5.39. The van der Waals surface area contributed by atoms with Crippen molar-refractivity contribution in [3.63, 3.8) is 0 Å². The van der Waals surface area contributed by atoms with Gasteiger partial charge in [-0.2, -0.15) is 13.2 Å². The number of nitrogens with zero attached hydrogens (tertiary/aromatic N) is 4. The van der Waals surface area contributed by atoms with Crippen molar-refractivity contribution < 1.29 is 22.7 Å². The van der Waals surface area contributed by atoms with Crippen LogP contribution >= 0.6 is 0 Å². The summed E-state index contributed by atoms with van der Waals surface area (Å²) in [5.74, 6) is 0.711. The molecule has 3 aromatic rings. The maximum atomic E-state index is 13.2. The number of rotatable bonds is 4. The molecule has 1 aliphatic rings. The zero-order valence-electron chi connectivity index (χ0n) is 19.6. The number of carbonyl (C=O) groups excluding carboxylic acids is 1. The van der Waals surface area contributed by atoms with Crippen molar-refractivity contribution >= 4 is 17.6 Å². The molecule has 4 rings (SSSR count). The van der Waals surface area contributed by atoms with Gasteiger partial charge >= 0.3 is 12.3 Å². The quantitative estimate of drug-likeness (QED) is 0.486. The van der Waals surface area contributed by atoms with Crippen molar-refractivity contribution in [2.75, 3.05) is 18.4 Å². The Balaban J connectivity index is 1.63. The lowest BCUT2D eigenvalue weighted by atomic mass is 10.1. The average molecular weight is 486 g/mol. The SMILES string of the molecule is CC(C)(C)OC(=O)N1CC[C@H](c2nc(Nc3cccc(C(F)(F)F)c3)cc(-c3ccncc3)n2)C1. The second kappa shape index (κ2) is 9.52. The molecule has 7 nitrogen and oxygen atoms in total. The van der Waals surface area contributed by atoms with Crippen molar-refractivity contribution in [2.45, 2.75) is 44.9 Å². The summed E-state index contributed by atoms with van der Waals surface area (Å²) in [7, 11) is 0. The smallest absolute Gasteiger partial charge is 0.416 e. The molecule has 1 N–H and O–H groups in total. The van der Waals surface area contributed by atoms with Gasteiger partial charge < -0.3 is 15.0 Å². The summed E-state index contributed by atoms with van der Waals surface area (Å²) >= 11 is 0. The largest absolute Gasteiger partial charge is 0.444 e. The highest BCUT2D eigenvalue weighted by molar-refractivity contribution is 5.69.